The number of carbonyl (C=O) groups excluding carboxylic acids is 1. The largest absolute Gasteiger partial charge is 0.497 e. The molecule has 1 aromatic rings. The molecule has 2 fully saturated rings. The van der Waals surface area contributed by atoms with Crippen molar-refractivity contribution >= 4 is 11.9 Å². The first-order valence-corrected chi connectivity index (χ1v) is 9.31. The molecule has 0 aliphatic carbocycles. The maximum absolute atomic E-state index is 11.8. The molecule has 3 rings (SSSR count). The normalized spacial score (nSPS) is 22.0. The molecule has 7 heteroatoms. The Balaban J connectivity index is 1.66. The van der Waals surface area contributed by atoms with Crippen molar-refractivity contribution in [2.75, 3.05) is 33.9 Å². The monoisotopic (exact) mass is 376 g/mol. The van der Waals surface area contributed by atoms with Gasteiger partial charge in [0.25, 0.3) is 0 Å². The Hall–Kier alpha value is -2.28. The minimum Gasteiger partial charge on any atom is -0.497 e. The van der Waals surface area contributed by atoms with Crippen molar-refractivity contribution in [2.24, 2.45) is 5.41 Å². The average molecular weight is 376 g/mol. The summed E-state index contributed by atoms with van der Waals surface area (Å²) in [4.78, 5) is 27.3. The number of ether oxygens (including phenoxy) is 2. The number of hydrogen-bond donors (Lipinski definition) is 1. The molecular formula is C20H28N2O5. The van der Waals surface area contributed by atoms with Crippen molar-refractivity contribution in [3.63, 3.8) is 0 Å². The zero-order chi connectivity index (χ0) is 19.6. The highest BCUT2D eigenvalue weighted by atomic mass is 16.5. The summed E-state index contributed by atoms with van der Waals surface area (Å²) in [5, 5.41) is 9.47. The van der Waals surface area contributed by atoms with Crippen LogP contribution in [0.4, 0.5) is 0 Å². The second-order valence-electron chi connectivity index (χ2n) is 7.66. The molecule has 2 aliphatic rings. The molecule has 148 valence electrons. The van der Waals surface area contributed by atoms with Gasteiger partial charge in [-0.2, -0.15) is 0 Å². The molecule has 2 saturated heterocycles. The lowest BCUT2D eigenvalue weighted by atomic mass is 9.76. The summed E-state index contributed by atoms with van der Waals surface area (Å²) in [5.74, 6) is 0.593. The van der Waals surface area contributed by atoms with Crippen molar-refractivity contribution in [3.8, 4) is 11.5 Å². The van der Waals surface area contributed by atoms with Crippen LogP contribution in [0.5, 0.6) is 11.5 Å². The highest BCUT2D eigenvalue weighted by molar-refractivity contribution is 5.83. The lowest BCUT2D eigenvalue weighted by molar-refractivity contribution is -0.147. The number of aliphatic carboxylic acids is 1. The van der Waals surface area contributed by atoms with Gasteiger partial charge in [0.05, 0.1) is 14.2 Å². The first-order valence-electron chi connectivity index (χ1n) is 9.31. The molecule has 0 unspecified atom stereocenters. The number of nitrogens with zero attached hydrogens (tertiary/aromatic N) is 2. The molecule has 0 aromatic heterocycles. The summed E-state index contributed by atoms with van der Waals surface area (Å²) in [5.41, 5.74) is 0.997. The second kappa shape index (κ2) is 7.76. The zero-order valence-corrected chi connectivity index (χ0v) is 16.2. The Morgan fingerprint density at radius 1 is 1.22 bits per heavy atom. The smallest absolute Gasteiger partial charge is 0.326 e. The fraction of sp³-hybridized carbons (Fsp3) is 0.600. The first-order chi connectivity index (χ1) is 12.9. The molecule has 27 heavy (non-hydrogen) atoms. The molecule has 0 bridgehead atoms. The fourth-order valence-electron chi connectivity index (χ4n) is 4.40. The Bertz CT molecular complexity index is 688. The standard InChI is InChI=1S/C20H28N2O5/c1-14(23)22-13-20(11-17(22)19(24)25)6-8-21(9-7-20)12-15-10-16(26-2)4-5-18(15)27-3/h4-5,10,17H,6-9,11-13H2,1-3H3,(H,24,25)/t17-/m0/s1. The van der Waals surface area contributed by atoms with E-state index in [4.69, 9.17) is 9.47 Å². The van der Waals surface area contributed by atoms with Crippen LogP contribution in [0, 0.1) is 5.41 Å². The van der Waals surface area contributed by atoms with Crippen LogP contribution in [-0.4, -0.2) is 66.7 Å². The van der Waals surface area contributed by atoms with E-state index in [1.807, 2.05) is 18.2 Å². The second-order valence-corrected chi connectivity index (χ2v) is 7.66. The fourth-order valence-corrected chi connectivity index (χ4v) is 4.40. The molecule has 0 saturated carbocycles. The van der Waals surface area contributed by atoms with Gasteiger partial charge < -0.3 is 19.5 Å². The minimum atomic E-state index is -0.898. The molecule has 1 spiro atoms. The van der Waals surface area contributed by atoms with Gasteiger partial charge in [-0.05, 0) is 56.0 Å². The van der Waals surface area contributed by atoms with Crippen molar-refractivity contribution in [1.29, 1.82) is 0 Å². The van der Waals surface area contributed by atoms with Gasteiger partial charge in [-0.15, -0.1) is 0 Å². The van der Waals surface area contributed by atoms with Gasteiger partial charge in [0.2, 0.25) is 5.91 Å². The van der Waals surface area contributed by atoms with Crippen molar-refractivity contribution in [3.05, 3.63) is 23.8 Å². The molecule has 0 radical (unpaired) electrons. The minimum absolute atomic E-state index is 0.0797. The number of carboxylic acid groups (broad SMARTS) is 1. The summed E-state index contributed by atoms with van der Waals surface area (Å²) >= 11 is 0. The molecule has 2 aliphatic heterocycles. The van der Waals surface area contributed by atoms with E-state index in [0.29, 0.717) is 13.0 Å². The van der Waals surface area contributed by atoms with E-state index in [2.05, 4.69) is 4.90 Å². The molecule has 2 heterocycles. The quantitative estimate of drug-likeness (QED) is 0.847. The predicted octanol–water partition coefficient (Wildman–Crippen LogP) is 1.99. The lowest BCUT2D eigenvalue weighted by Crippen LogP contribution is -2.42. The topological polar surface area (TPSA) is 79.3 Å². The van der Waals surface area contributed by atoms with Crippen molar-refractivity contribution < 1.29 is 24.2 Å². The number of amides is 1. The Labute approximate surface area is 159 Å². The maximum Gasteiger partial charge on any atom is 0.326 e. The van der Waals surface area contributed by atoms with Crippen LogP contribution in [-0.2, 0) is 16.1 Å². The van der Waals surface area contributed by atoms with E-state index >= 15 is 0 Å². The third-order valence-corrected chi connectivity index (χ3v) is 6.00. The van der Waals surface area contributed by atoms with Crippen LogP contribution in [0.25, 0.3) is 0 Å². The Morgan fingerprint density at radius 3 is 2.44 bits per heavy atom. The molecule has 1 N–H and O–H groups in total. The van der Waals surface area contributed by atoms with E-state index in [-0.39, 0.29) is 11.3 Å². The average Bonchev–Trinajstić information content (AvgIpc) is 3.04. The summed E-state index contributed by atoms with van der Waals surface area (Å²) in [6.07, 6.45) is 2.35. The number of carbonyl (C=O) groups is 2. The lowest BCUT2D eigenvalue weighted by Gasteiger charge is -2.39. The third-order valence-electron chi connectivity index (χ3n) is 6.00. The van der Waals surface area contributed by atoms with Crippen LogP contribution >= 0.6 is 0 Å². The summed E-state index contributed by atoms with van der Waals surface area (Å²) in [6.45, 7) is 4.51. The van der Waals surface area contributed by atoms with E-state index < -0.39 is 12.0 Å². The summed E-state index contributed by atoms with van der Waals surface area (Å²) in [7, 11) is 3.31. The number of piperidine rings is 1. The van der Waals surface area contributed by atoms with Gasteiger partial charge in [0.1, 0.15) is 17.5 Å². The first kappa shape index (κ1) is 19.5. The highest BCUT2D eigenvalue weighted by Gasteiger charge is 2.49. The van der Waals surface area contributed by atoms with Crippen LogP contribution < -0.4 is 9.47 Å². The van der Waals surface area contributed by atoms with E-state index in [1.54, 1.807) is 14.2 Å². The SMILES string of the molecule is COc1ccc(OC)c(CN2CCC3(CC2)C[C@@H](C(=O)O)N(C(C)=O)C3)c1. The van der Waals surface area contributed by atoms with Gasteiger partial charge in [-0.25, -0.2) is 4.79 Å². The Kier molecular flexibility index (Phi) is 5.60. The third kappa shape index (κ3) is 4.03. The molecule has 7 nitrogen and oxygen atoms in total. The number of rotatable bonds is 5. The van der Waals surface area contributed by atoms with Crippen molar-refractivity contribution in [2.45, 2.75) is 38.8 Å². The molecule has 1 aromatic carbocycles. The molecular weight excluding hydrogens is 348 g/mol. The number of carboxylic acids is 1. The highest BCUT2D eigenvalue weighted by Crippen LogP contribution is 2.44. The number of likely N-dealkylation sites (tertiary alicyclic amines) is 2. The van der Waals surface area contributed by atoms with Crippen LogP contribution in [0.1, 0.15) is 31.7 Å². The van der Waals surface area contributed by atoms with Crippen LogP contribution in [0.2, 0.25) is 0 Å². The summed E-state index contributed by atoms with van der Waals surface area (Å²) in [6, 6.07) is 5.11. The van der Waals surface area contributed by atoms with Crippen molar-refractivity contribution in [1.82, 2.24) is 9.80 Å². The van der Waals surface area contributed by atoms with E-state index in [1.165, 1.54) is 11.8 Å². The van der Waals surface area contributed by atoms with Gasteiger partial charge in [-0.3, -0.25) is 9.69 Å². The van der Waals surface area contributed by atoms with Crippen LogP contribution in [0.15, 0.2) is 18.2 Å². The number of benzene rings is 1. The Morgan fingerprint density at radius 2 is 1.93 bits per heavy atom. The van der Waals surface area contributed by atoms with E-state index in [9.17, 15) is 14.7 Å². The van der Waals surface area contributed by atoms with Gasteiger partial charge in [0, 0.05) is 25.6 Å². The summed E-state index contributed by atoms with van der Waals surface area (Å²) < 4.78 is 10.8. The molecule has 1 atom stereocenters. The molecule has 1 amide bonds. The van der Waals surface area contributed by atoms with Crippen LogP contribution in [0.3, 0.4) is 0 Å². The maximum atomic E-state index is 11.8. The van der Waals surface area contributed by atoms with Gasteiger partial charge in [0.15, 0.2) is 0 Å². The number of hydrogen-bond acceptors (Lipinski definition) is 5. The van der Waals surface area contributed by atoms with Gasteiger partial charge in [-0.1, -0.05) is 0 Å². The van der Waals surface area contributed by atoms with Gasteiger partial charge >= 0.3 is 5.97 Å². The predicted molar refractivity (Wildman–Crippen MR) is 99.9 cm³/mol. The van der Waals surface area contributed by atoms with E-state index in [0.717, 1.165) is 49.5 Å². The number of methoxy groups -OCH3 is 2. The zero-order valence-electron chi connectivity index (χ0n) is 16.2.